The molecule has 0 aliphatic heterocycles. The van der Waals surface area contributed by atoms with Gasteiger partial charge < -0.3 is 4.74 Å². The lowest BCUT2D eigenvalue weighted by Crippen LogP contribution is -1.99. The van der Waals surface area contributed by atoms with E-state index < -0.39 is 0 Å². The van der Waals surface area contributed by atoms with Crippen LogP contribution in [-0.2, 0) is 9.53 Å². The zero-order valence-corrected chi connectivity index (χ0v) is 14.1. The Morgan fingerprint density at radius 1 is 0.810 bits per heavy atom. The lowest BCUT2D eigenvalue weighted by molar-refractivity contribution is -0.140. The van der Waals surface area contributed by atoms with Crippen LogP contribution in [-0.4, -0.2) is 13.1 Å². The monoisotopic (exact) mass is 294 g/mol. The van der Waals surface area contributed by atoms with Gasteiger partial charge in [-0.05, 0) is 32.1 Å². The molecule has 0 unspecified atom stereocenters. The van der Waals surface area contributed by atoms with Crippen LogP contribution in [0.5, 0.6) is 0 Å². The van der Waals surface area contributed by atoms with E-state index in [4.69, 9.17) is 0 Å². The number of carbonyl (C=O) groups is 1. The van der Waals surface area contributed by atoms with Gasteiger partial charge in [0.1, 0.15) is 0 Å². The highest BCUT2D eigenvalue weighted by atomic mass is 16.5. The summed E-state index contributed by atoms with van der Waals surface area (Å²) < 4.78 is 4.62. The molecule has 0 aromatic carbocycles. The predicted octanol–water partition coefficient (Wildman–Crippen LogP) is 5.97. The van der Waals surface area contributed by atoms with E-state index in [2.05, 4.69) is 36.0 Å². The normalized spacial score (nSPS) is 11.5. The second-order valence-corrected chi connectivity index (χ2v) is 5.53. The number of allylic oxidation sites excluding steroid dienone is 4. The molecule has 0 heterocycles. The van der Waals surface area contributed by atoms with Crippen LogP contribution in [0.1, 0.15) is 84.0 Å². The van der Waals surface area contributed by atoms with Gasteiger partial charge in [-0.2, -0.15) is 0 Å². The molecule has 0 fully saturated rings. The maximum atomic E-state index is 10.9. The highest BCUT2D eigenvalue weighted by molar-refractivity contribution is 5.68. The lowest BCUT2D eigenvalue weighted by Gasteiger charge is -2.01. The number of methoxy groups -OCH3 is 1. The minimum atomic E-state index is -0.0757. The molecule has 2 heteroatoms. The molecule has 21 heavy (non-hydrogen) atoms. The van der Waals surface area contributed by atoms with Crippen molar-refractivity contribution in [3.8, 4) is 0 Å². The highest BCUT2D eigenvalue weighted by Gasteiger charge is 1.98. The summed E-state index contributed by atoms with van der Waals surface area (Å²) in [5.41, 5.74) is 0. The van der Waals surface area contributed by atoms with E-state index in [1.54, 1.807) is 0 Å². The Labute approximate surface area is 131 Å². The summed E-state index contributed by atoms with van der Waals surface area (Å²) in [6, 6.07) is 0. The Kier molecular flexibility index (Phi) is 16.2. The summed E-state index contributed by atoms with van der Waals surface area (Å²) in [5.74, 6) is -0.0757. The van der Waals surface area contributed by atoms with Gasteiger partial charge in [0.15, 0.2) is 0 Å². The molecule has 0 radical (unpaired) electrons. The van der Waals surface area contributed by atoms with Crippen molar-refractivity contribution in [1.29, 1.82) is 0 Å². The van der Waals surface area contributed by atoms with E-state index in [1.807, 2.05) is 0 Å². The summed E-state index contributed by atoms with van der Waals surface area (Å²) in [7, 11) is 1.46. The minimum absolute atomic E-state index is 0.0757. The number of unbranched alkanes of at least 4 members (excludes halogenated alkanes) is 8. The standard InChI is InChI=1S/C19H34O2/c1-3-4-5-6-7-8-9-10-11-12-13-14-15-16-17-18-19(20)21-2/h4-5,7-8H,3,6,9-18H2,1-2H3/b5-4?,8-7-. The third-order valence-corrected chi connectivity index (χ3v) is 3.57. The van der Waals surface area contributed by atoms with Crippen molar-refractivity contribution in [2.24, 2.45) is 0 Å². The van der Waals surface area contributed by atoms with Crippen LogP contribution in [0.15, 0.2) is 24.3 Å². The quantitative estimate of drug-likeness (QED) is 0.224. The molecular formula is C19H34O2. The van der Waals surface area contributed by atoms with E-state index >= 15 is 0 Å². The van der Waals surface area contributed by atoms with E-state index in [-0.39, 0.29) is 5.97 Å². The maximum absolute atomic E-state index is 10.9. The third-order valence-electron chi connectivity index (χ3n) is 3.57. The molecule has 0 rings (SSSR count). The van der Waals surface area contributed by atoms with E-state index in [9.17, 15) is 4.79 Å². The molecule has 0 spiro atoms. The van der Waals surface area contributed by atoms with Crippen LogP contribution in [0, 0.1) is 0 Å². The molecule has 0 saturated heterocycles. The van der Waals surface area contributed by atoms with Crippen molar-refractivity contribution in [3.05, 3.63) is 24.3 Å². The van der Waals surface area contributed by atoms with Crippen molar-refractivity contribution in [1.82, 2.24) is 0 Å². The second kappa shape index (κ2) is 17.0. The van der Waals surface area contributed by atoms with Gasteiger partial charge in [0.2, 0.25) is 0 Å². The zero-order chi connectivity index (χ0) is 15.6. The van der Waals surface area contributed by atoms with E-state index in [0.29, 0.717) is 6.42 Å². The third kappa shape index (κ3) is 16.9. The van der Waals surface area contributed by atoms with Crippen LogP contribution in [0.3, 0.4) is 0 Å². The smallest absolute Gasteiger partial charge is 0.305 e. The molecule has 0 aromatic rings. The molecule has 2 nitrogen and oxygen atoms in total. The first-order valence-electron chi connectivity index (χ1n) is 8.68. The van der Waals surface area contributed by atoms with Gasteiger partial charge >= 0.3 is 5.97 Å². The van der Waals surface area contributed by atoms with Crippen molar-refractivity contribution in [2.45, 2.75) is 84.0 Å². The maximum Gasteiger partial charge on any atom is 0.305 e. The van der Waals surface area contributed by atoms with Gasteiger partial charge in [-0.3, -0.25) is 4.79 Å². The van der Waals surface area contributed by atoms with Crippen LogP contribution >= 0.6 is 0 Å². The number of rotatable bonds is 14. The van der Waals surface area contributed by atoms with E-state index in [1.165, 1.54) is 52.1 Å². The molecule has 0 bridgehead atoms. The van der Waals surface area contributed by atoms with E-state index in [0.717, 1.165) is 25.7 Å². The van der Waals surface area contributed by atoms with Gasteiger partial charge in [-0.15, -0.1) is 0 Å². The van der Waals surface area contributed by atoms with Crippen molar-refractivity contribution < 1.29 is 9.53 Å². The first-order valence-corrected chi connectivity index (χ1v) is 8.68. The summed E-state index contributed by atoms with van der Waals surface area (Å²) in [6.45, 7) is 2.17. The van der Waals surface area contributed by atoms with Crippen molar-refractivity contribution >= 4 is 5.97 Å². The molecule has 0 amide bonds. The number of hydrogen-bond acceptors (Lipinski definition) is 2. The average Bonchev–Trinajstić information content (AvgIpc) is 2.50. The Morgan fingerprint density at radius 2 is 1.38 bits per heavy atom. The molecule has 0 atom stereocenters. The van der Waals surface area contributed by atoms with Gasteiger partial charge in [0, 0.05) is 6.42 Å². The Hall–Kier alpha value is -1.05. The summed E-state index contributed by atoms with van der Waals surface area (Å²) >= 11 is 0. The first-order chi connectivity index (χ1) is 10.3. The second-order valence-electron chi connectivity index (χ2n) is 5.53. The average molecular weight is 294 g/mol. The van der Waals surface area contributed by atoms with Gasteiger partial charge in [0.25, 0.3) is 0 Å². The van der Waals surface area contributed by atoms with Crippen LogP contribution in [0.2, 0.25) is 0 Å². The number of hydrogen-bond donors (Lipinski definition) is 0. The summed E-state index contributed by atoms with van der Waals surface area (Å²) in [6.07, 6.45) is 23.1. The summed E-state index contributed by atoms with van der Waals surface area (Å²) in [4.78, 5) is 10.9. The fraction of sp³-hybridized carbons (Fsp3) is 0.737. The number of carbonyl (C=O) groups excluding carboxylic acids is 1. The SMILES string of the molecule is CCC=CC/C=C\CCCCCCCCCCC(=O)OC. The fourth-order valence-electron chi connectivity index (χ4n) is 2.25. The Bertz CT molecular complexity index is 279. The fourth-order valence-corrected chi connectivity index (χ4v) is 2.25. The molecule has 122 valence electrons. The molecule has 0 aliphatic rings. The largest absolute Gasteiger partial charge is 0.469 e. The molecule has 0 aliphatic carbocycles. The first kappa shape index (κ1) is 19.9. The lowest BCUT2D eigenvalue weighted by atomic mass is 10.1. The molecule has 0 saturated carbocycles. The molecule has 0 aromatic heterocycles. The number of esters is 1. The molecular weight excluding hydrogens is 260 g/mol. The highest BCUT2D eigenvalue weighted by Crippen LogP contribution is 2.11. The van der Waals surface area contributed by atoms with Gasteiger partial charge in [-0.1, -0.05) is 69.8 Å². The van der Waals surface area contributed by atoms with Crippen molar-refractivity contribution in [2.75, 3.05) is 7.11 Å². The van der Waals surface area contributed by atoms with Crippen LogP contribution in [0.25, 0.3) is 0 Å². The topological polar surface area (TPSA) is 26.3 Å². The van der Waals surface area contributed by atoms with Gasteiger partial charge in [0.05, 0.1) is 7.11 Å². The Balaban J connectivity index is 3.12. The van der Waals surface area contributed by atoms with Gasteiger partial charge in [-0.25, -0.2) is 0 Å². The van der Waals surface area contributed by atoms with Crippen LogP contribution in [0.4, 0.5) is 0 Å². The van der Waals surface area contributed by atoms with Crippen molar-refractivity contribution in [3.63, 3.8) is 0 Å². The zero-order valence-electron chi connectivity index (χ0n) is 14.1. The molecule has 0 N–H and O–H groups in total. The Morgan fingerprint density at radius 3 is 2.00 bits per heavy atom. The number of ether oxygens (including phenoxy) is 1. The van der Waals surface area contributed by atoms with Crippen LogP contribution < -0.4 is 0 Å². The summed E-state index contributed by atoms with van der Waals surface area (Å²) in [5, 5.41) is 0. The minimum Gasteiger partial charge on any atom is -0.469 e. The predicted molar refractivity (Wildman–Crippen MR) is 91.4 cm³/mol.